The zero-order chi connectivity index (χ0) is 13.0. The van der Waals surface area contributed by atoms with E-state index in [0.29, 0.717) is 16.7 Å². The summed E-state index contributed by atoms with van der Waals surface area (Å²) in [4.78, 5) is 4.09. The summed E-state index contributed by atoms with van der Waals surface area (Å²) < 4.78 is 10.5. The maximum absolute atomic E-state index is 5.87. The number of ether oxygens (including phenoxy) is 2. The molecule has 0 amide bonds. The molecule has 0 aromatic heterocycles. The van der Waals surface area contributed by atoms with Crippen molar-refractivity contribution in [2.75, 3.05) is 13.9 Å². The van der Waals surface area contributed by atoms with E-state index >= 15 is 0 Å². The van der Waals surface area contributed by atoms with Crippen molar-refractivity contribution in [3.05, 3.63) is 22.5 Å². The van der Waals surface area contributed by atoms with Crippen molar-refractivity contribution >= 4 is 29.4 Å². The third kappa shape index (κ3) is 3.38. The van der Waals surface area contributed by atoms with Gasteiger partial charge in [0.25, 0.3) is 0 Å². The van der Waals surface area contributed by atoms with Crippen molar-refractivity contribution in [3.63, 3.8) is 0 Å². The molecule has 0 aliphatic carbocycles. The molecule has 0 aromatic carbocycles. The third-order valence-electron chi connectivity index (χ3n) is 2.70. The van der Waals surface area contributed by atoms with Gasteiger partial charge in [-0.05, 0) is 18.6 Å². The van der Waals surface area contributed by atoms with Crippen LogP contribution >= 0.6 is 23.2 Å². The summed E-state index contributed by atoms with van der Waals surface area (Å²) in [6, 6.07) is -0.0425. The molecule has 3 atom stereocenters. The molecule has 0 spiro atoms. The number of azo groups is 1. The molecular formula is C11H13Cl2N3O2. The lowest BCUT2D eigenvalue weighted by Crippen LogP contribution is -2.35. The molecule has 0 radical (unpaired) electrons. The predicted octanol–water partition coefficient (Wildman–Crippen LogP) is 3.06. The summed E-state index contributed by atoms with van der Waals surface area (Å²) in [5, 5.41) is 8.86. The van der Waals surface area contributed by atoms with Gasteiger partial charge in [0, 0.05) is 19.2 Å². The first-order valence-electron chi connectivity index (χ1n) is 5.49. The smallest absolute Gasteiger partial charge is 0.147 e. The normalized spacial score (nSPS) is 31.2. The lowest BCUT2D eigenvalue weighted by molar-refractivity contribution is -0.0674. The van der Waals surface area contributed by atoms with Crippen molar-refractivity contribution in [2.45, 2.75) is 18.6 Å². The second-order valence-corrected chi connectivity index (χ2v) is 4.70. The Morgan fingerprint density at radius 3 is 2.89 bits per heavy atom. The second-order valence-electron chi connectivity index (χ2n) is 3.93. The van der Waals surface area contributed by atoms with Gasteiger partial charge in [0.1, 0.15) is 17.1 Å². The van der Waals surface area contributed by atoms with E-state index in [9.17, 15) is 0 Å². The quantitative estimate of drug-likeness (QED) is 0.590. The molecule has 18 heavy (non-hydrogen) atoms. The van der Waals surface area contributed by atoms with Crippen LogP contribution in [-0.2, 0) is 9.47 Å². The number of hydrogen-bond acceptors (Lipinski definition) is 5. The summed E-state index contributed by atoms with van der Waals surface area (Å²) >= 11 is 11.6. The minimum absolute atomic E-state index is 0.0209. The number of halogens is 2. The zero-order valence-electron chi connectivity index (χ0n) is 9.79. The molecule has 2 rings (SSSR count). The average Bonchev–Trinajstić information content (AvgIpc) is 2.38. The van der Waals surface area contributed by atoms with Crippen molar-refractivity contribution in [1.29, 1.82) is 0 Å². The van der Waals surface area contributed by atoms with E-state index < -0.39 is 0 Å². The second kappa shape index (κ2) is 6.43. The minimum Gasteiger partial charge on any atom is -0.359 e. The maximum Gasteiger partial charge on any atom is 0.147 e. The van der Waals surface area contributed by atoms with E-state index in [4.69, 9.17) is 32.7 Å². The van der Waals surface area contributed by atoms with E-state index in [1.807, 2.05) is 6.08 Å². The monoisotopic (exact) mass is 289 g/mol. The van der Waals surface area contributed by atoms with Gasteiger partial charge in [-0.15, -0.1) is 5.11 Å². The van der Waals surface area contributed by atoms with Crippen LogP contribution in [0.4, 0.5) is 0 Å². The summed E-state index contributed by atoms with van der Waals surface area (Å²) in [6.45, 7) is 0.191. The number of methoxy groups -OCH3 is 1. The third-order valence-corrected chi connectivity index (χ3v) is 3.16. The van der Waals surface area contributed by atoms with Gasteiger partial charge in [-0.25, -0.2) is 4.99 Å². The fourth-order valence-corrected chi connectivity index (χ4v) is 2.14. The largest absolute Gasteiger partial charge is 0.359 e. The molecule has 0 N–H and O–H groups in total. The van der Waals surface area contributed by atoms with Gasteiger partial charge < -0.3 is 9.47 Å². The van der Waals surface area contributed by atoms with Crippen molar-refractivity contribution in [3.8, 4) is 0 Å². The number of aliphatic imine (C=N–C) groups is 1. The highest BCUT2D eigenvalue weighted by molar-refractivity contribution is 6.30. The Morgan fingerprint density at radius 2 is 2.22 bits per heavy atom. The van der Waals surface area contributed by atoms with E-state index in [1.54, 1.807) is 19.4 Å². The van der Waals surface area contributed by atoms with Crippen LogP contribution in [0.25, 0.3) is 0 Å². The minimum atomic E-state index is -0.218. The summed E-state index contributed by atoms with van der Waals surface area (Å²) in [7, 11) is 1.57. The Hall–Kier alpha value is -0.750. The molecule has 2 aliphatic heterocycles. The Labute approximate surface area is 115 Å². The summed E-state index contributed by atoms with van der Waals surface area (Å²) in [5.74, 6) is -0.0209. The molecule has 3 unspecified atom stereocenters. The van der Waals surface area contributed by atoms with Crippen LogP contribution in [0.2, 0.25) is 0 Å². The fraction of sp³-hybridized carbons (Fsp3) is 0.545. The molecule has 5 nitrogen and oxygen atoms in total. The van der Waals surface area contributed by atoms with Crippen LogP contribution in [0.3, 0.4) is 0 Å². The van der Waals surface area contributed by atoms with E-state index in [0.717, 1.165) is 0 Å². The molecule has 0 saturated carbocycles. The SMILES string of the molecule is COCOC1C=C(Cl)N=CC1C1CC=C(Cl)N=N1. The number of rotatable bonds is 4. The molecule has 0 fully saturated rings. The van der Waals surface area contributed by atoms with Gasteiger partial charge in [0.15, 0.2) is 0 Å². The fourth-order valence-electron chi connectivity index (χ4n) is 1.83. The van der Waals surface area contributed by atoms with Crippen molar-refractivity contribution in [1.82, 2.24) is 0 Å². The topological polar surface area (TPSA) is 55.5 Å². The van der Waals surface area contributed by atoms with Crippen LogP contribution in [0.1, 0.15) is 6.42 Å². The van der Waals surface area contributed by atoms with Gasteiger partial charge in [-0.1, -0.05) is 23.2 Å². The molecule has 0 saturated heterocycles. The van der Waals surface area contributed by atoms with E-state index in [1.165, 1.54) is 0 Å². The molecule has 98 valence electrons. The van der Waals surface area contributed by atoms with Gasteiger partial charge in [-0.2, -0.15) is 5.11 Å². The van der Waals surface area contributed by atoms with Gasteiger partial charge in [0.2, 0.25) is 0 Å². The van der Waals surface area contributed by atoms with E-state index in [-0.39, 0.29) is 24.9 Å². The van der Waals surface area contributed by atoms with Crippen molar-refractivity contribution in [2.24, 2.45) is 21.1 Å². The maximum atomic E-state index is 5.87. The Kier molecular flexibility index (Phi) is 4.88. The molecular weight excluding hydrogens is 277 g/mol. The Morgan fingerprint density at radius 1 is 1.39 bits per heavy atom. The number of hydrogen-bond donors (Lipinski definition) is 0. The molecule has 0 aromatic rings. The van der Waals surface area contributed by atoms with Gasteiger partial charge in [-0.3, -0.25) is 0 Å². The highest BCUT2D eigenvalue weighted by Gasteiger charge is 2.31. The summed E-state index contributed by atoms with van der Waals surface area (Å²) in [6.07, 6.45) is 5.82. The highest BCUT2D eigenvalue weighted by Crippen LogP contribution is 2.28. The first-order chi connectivity index (χ1) is 8.70. The lowest BCUT2D eigenvalue weighted by Gasteiger charge is -2.28. The van der Waals surface area contributed by atoms with E-state index in [2.05, 4.69) is 15.2 Å². The van der Waals surface area contributed by atoms with Crippen LogP contribution < -0.4 is 0 Å². The zero-order valence-corrected chi connectivity index (χ0v) is 11.3. The van der Waals surface area contributed by atoms with Crippen LogP contribution in [-0.4, -0.2) is 32.3 Å². The molecule has 2 heterocycles. The first-order valence-corrected chi connectivity index (χ1v) is 6.25. The lowest BCUT2D eigenvalue weighted by atomic mass is 9.91. The van der Waals surface area contributed by atoms with Gasteiger partial charge in [0.05, 0.1) is 12.1 Å². The predicted molar refractivity (Wildman–Crippen MR) is 69.9 cm³/mol. The van der Waals surface area contributed by atoms with Crippen LogP contribution in [0.5, 0.6) is 0 Å². The molecule has 7 heteroatoms. The molecule has 0 bridgehead atoms. The van der Waals surface area contributed by atoms with Crippen LogP contribution in [0.15, 0.2) is 37.7 Å². The number of nitrogens with zero attached hydrogens (tertiary/aromatic N) is 3. The van der Waals surface area contributed by atoms with Crippen LogP contribution in [0, 0.1) is 5.92 Å². The highest BCUT2D eigenvalue weighted by atomic mass is 35.5. The summed E-state index contributed by atoms with van der Waals surface area (Å²) in [5.41, 5.74) is 0. The first kappa shape index (κ1) is 13.7. The van der Waals surface area contributed by atoms with Crippen molar-refractivity contribution < 1.29 is 9.47 Å². The van der Waals surface area contributed by atoms with Gasteiger partial charge >= 0.3 is 0 Å². The average molecular weight is 290 g/mol. The Bertz CT molecular complexity index is 421. The standard InChI is InChI=1S/C11H13Cl2N3O2/c1-17-6-18-9-4-11(13)14-5-7(9)8-2-3-10(12)16-15-8/h3-5,7-9H,2,6H2,1H3. The Balaban J connectivity index is 2.06. The molecule has 2 aliphatic rings.